The van der Waals surface area contributed by atoms with Gasteiger partial charge in [0.25, 0.3) is 0 Å². The Labute approximate surface area is 75.6 Å². The summed E-state index contributed by atoms with van der Waals surface area (Å²) in [6.45, 7) is 2.80. The number of hydrogen-bond donors (Lipinski definition) is 2. The smallest absolute Gasteiger partial charge is 0.218 e. The van der Waals surface area contributed by atoms with Crippen molar-refractivity contribution < 1.29 is 19.1 Å². The van der Waals surface area contributed by atoms with E-state index in [0.29, 0.717) is 0 Å². The molecule has 13 heavy (non-hydrogen) atoms. The van der Waals surface area contributed by atoms with Crippen LogP contribution in [0.3, 0.4) is 0 Å². The predicted molar refractivity (Wildman–Crippen MR) is 42.2 cm³/mol. The second kappa shape index (κ2) is 4.20. The number of nitrogens with one attached hydrogen (secondary N) is 2. The Kier molecular flexibility index (Phi) is 3.21. The summed E-state index contributed by atoms with van der Waals surface area (Å²) in [4.78, 5) is 21.3. The van der Waals surface area contributed by atoms with E-state index in [9.17, 15) is 9.59 Å². The van der Waals surface area contributed by atoms with Gasteiger partial charge in [-0.15, -0.1) is 0 Å². The molecule has 1 aliphatic heterocycles. The third-order valence-electron chi connectivity index (χ3n) is 1.46. The van der Waals surface area contributed by atoms with Crippen LogP contribution in [0.4, 0.5) is 0 Å². The van der Waals surface area contributed by atoms with Gasteiger partial charge in [-0.1, -0.05) is 0 Å². The monoisotopic (exact) mass is 188 g/mol. The van der Waals surface area contributed by atoms with Crippen molar-refractivity contribution in [3.8, 4) is 0 Å². The molecule has 0 aromatic carbocycles. The number of hydrogen-bond acceptors (Lipinski definition) is 4. The zero-order valence-electron chi connectivity index (χ0n) is 7.49. The van der Waals surface area contributed by atoms with Crippen LogP contribution in [0.1, 0.15) is 13.8 Å². The van der Waals surface area contributed by atoms with Crippen LogP contribution in [-0.4, -0.2) is 31.1 Å². The van der Waals surface area contributed by atoms with Gasteiger partial charge in [0.1, 0.15) is 0 Å². The molecule has 0 aliphatic carbocycles. The molecule has 0 spiro atoms. The Morgan fingerprint density at radius 3 is 1.77 bits per heavy atom. The van der Waals surface area contributed by atoms with Crippen LogP contribution >= 0.6 is 0 Å². The van der Waals surface area contributed by atoms with E-state index in [0.717, 1.165) is 0 Å². The fraction of sp³-hybridized carbons (Fsp3) is 0.714. The summed E-state index contributed by atoms with van der Waals surface area (Å²) in [5.74, 6) is -0.461. The van der Waals surface area contributed by atoms with Gasteiger partial charge in [0.05, 0.1) is 0 Å². The van der Waals surface area contributed by atoms with Gasteiger partial charge in [-0.2, -0.15) is 0 Å². The zero-order valence-corrected chi connectivity index (χ0v) is 7.49. The van der Waals surface area contributed by atoms with Gasteiger partial charge in [-0.3, -0.25) is 9.59 Å². The zero-order chi connectivity index (χ0) is 9.84. The first-order chi connectivity index (χ1) is 6.09. The average Bonchev–Trinajstić information content (AvgIpc) is 2.34. The topological polar surface area (TPSA) is 76.7 Å². The molecule has 1 fully saturated rings. The fourth-order valence-corrected chi connectivity index (χ4v) is 0.996. The maximum Gasteiger partial charge on any atom is 0.218 e. The van der Waals surface area contributed by atoms with Crippen LogP contribution in [-0.2, 0) is 19.1 Å². The Morgan fingerprint density at radius 2 is 1.46 bits per heavy atom. The number of amides is 2. The highest BCUT2D eigenvalue weighted by molar-refractivity contribution is 5.74. The van der Waals surface area contributed by atoms with E-state index in [-0.39, 0.29) is 18.6 Å². The van der Waals surface area contributed by atoms with Gasteiger partial charge >= 0.3 is 0 Å². The quantitative estimate of drug-likeness (QED) is 0.577. The predicted octanol–water partition coefficient (Wildman–Crippen LogP) is -1.08. The van der Waals surface area contributed by atoms with E-state index in [1.54, 1.807) is 0 Å². The second-order valence-corrected chi connectivity index (χ2v) is 2.69. The van der Waals surface area contributed by atoms with Crippen molar-refractivity contribution in [1.29, 1.82) is 0 Å². The van der Waals surface area contributed by atoms with E-state index in [2.05, 4.69) is 10.6 Å². The van der Waals surface area contributed by atoms with Crippen LogP contribution in [0, 0.1) is 0 Å². The number of rotatable bonds is 2. The highest BCUT2D eigenvalue weighted by Gasteiger charge is 2.30. The third kappa shape index (κ3) is 3.00. The lowest BCUT2D eigenvalue weighted by Crippen LogP contribution is -2.48. The summed E-state index contributed by atoms with van der Waals surface area (Å²) >= 11 is 0. The van der Waals surface area contributed by atoms with Gasteiger partial charge in [0.2, 0.25) is 11.8 Å². The van der Waals surface area contributed by atoms with Gasteiger partial charge in [-0.05, 0) is 0 Å². The van der Waals surface area contributed by atoms with Crippen molar-refractivity contribution >= 4 is 11.8 Å². The van der Waals surface area contributed by atoms with Crippen molar-refractivity contribution in [2.45, 2.75) is 26.3 Å². The summed E-state index contributed by atoms with van der Waals surface area (Å²) in [5.41, 5.74) is 0. The summed E-state index contributed by atoms with van der Waals surface area (Å²) in [7, 11) is 0. The summed E-state index contributed by atoms with van der Waals surface area (Å²) < 4.78 is 10.0. The maximum absolute atomic E-state index is 10.7. The van der Waals surface area contributed by atoms with Crippen LogP contribution < -0.4 is 10.6 Å². The Balaban J connectivity index is 2.43. The van der Waals surface area contributed by atoms with Crippen molar-refractivity contribution in [2.24, 2.45) is 0 Å². The molecule has 1 saturated heterocycles. The van der Waals surface area contributed by atoms with E-state index < -0.39 is 12.5 Å². The van der Waals surface area contributed by atoms with Gasteiger partial charge in [-0.25, -0.2) is 0 Å². The van der Waals surface area contributed by atoms with Gasteiger partial charge in [0, 0.05) is 13.8 Å². The molecule has 0 aromatic heterocycles. The summed E-state index contributed by atoms with van der Waals surface area (Å²) in [6, 6.07) is 0. The summed E-state index contributed by atoms with van der Waals surface area (Å²) in [6.07, 6.45) is -1.19. The molecule has 2 amide bonds. The third-order valence-corrected chi connectivity index (χ3v) is 1.46. The molecule has 2 atom stereocenters. The van der Waals surface area contributed by atoms with Crippen molar-refractivity contribution in [2.75, 3.05) is 6.79 Å². The largest absolute Gasteiger partial charge is 0.328 e. The minimum atomic E-state index is -0.596. The molecule has 1 rings (SSSR count). The summed E-state index contributed by atoms with van der Waals surface area (Å²) in [5, 5.41) is 4.99. The fourth-order valence-electron chi connectivity index (χ4n) is 0.996. The lowest BCUT2D eigenvalue weighted by atomic mass is 10.4. The normalized spacial score (nSPS) is 26.9. The number of carbonyl (C=O) groups excluding carboxylic acids is 2. The molecule has 6 nitrogen and oxygen atoms in total. The highest BCUT2D eigenvalue weighted by atomic mass is 16.7. The first kappa shape index (κ1) is 9.94. The molecule has 74 valence electrons. The van der Waals surface area contributed by atoms with Crippen LogP contribution in [0.25, 0.3) is 0 Å². The highest BCUT2D eigenvalue weighted by Crippen LogP contribution is 2.07. The molecule has 1 heterocycles. The molecular formula is C7H12N2O4. The van der Waals surface area contributed by atoms with Crippen molar-refractivity contribution in [3.05, 3.63) is 0 Å². The SMILES string of the molecule is CC(=O)NC1OCOC1NC(C)=O. The first-order valence-electron chi connectivity index (χ1n) is 3.87. The molecule has 6 heteroatoms. The number of carbonyl (C=O) groups is 2. The van der Waals surface area contributed by atoms with E-state index in [1.807, 2.05) is 0 Å². The Morgan fingerprint density at radius 1 is 1.08 bits per heavy atom. The molecule has 0 bridgehead atoms. The average molecular weight is 188 g/mol. The van der Waals surface area contributed by atoms with Crippen molar-refractivity contribution in [1.82, 2.24) is 10.6 Å². The van der Waals surface area contributed by atoms with E-state index in [1.165, 1.54) is 13.8 Å². The van der Waals surface area contributed by atoms with Crippen molar-refractivity contribution in [3.63, 3.8) is 0 Å². The van der Waals surface area contributed by atoms with Crippen LogP contribution in [0.5, 0.6) is 0 Å². The number of ether oxygens (including phenoxy) is 2. The van der Waals surface area contributed by atoms with E-state index >= 15 is 0 Å². The molecule has 0 radical (unpaired) electrons. The molecular weight excluding hydrogens is 176 g/mol. The molecule has 2 N–H and O–H groups in total. The molecule has 0 saturated carbocycles. The van der Waals surface area contributed by atoms with Crippen LogP contribution in [0.15, 0.2) is 0 Å². The Bertz CT molecular complexity index is 197. The van der Waals surface area contributed by atoms with Crippen LogP contribution in [0.2, 0.25) is 0 Å². The maximum atomic E-state index is 10.7. The molecule has 1 aliphatic rings. The van der Waals surface area contributed by atoms with E-state index in [4.69, 9.17) is 9.47 Å². The first-order valence-corrected chi connectivity index (χ1v) is 3.87. The molecule has 0 aromatic rings. The van der Waals surface area contributed by atoms with Gasteiger partial charge in [0.15, 0.2) is 19.2 Å². The standard InChI is InChI=1S/C7H12N2O4/c1-4(10)8-6-7(9-5(2)11)13-3-12-6/h6-7H,3H2,1-2H3,(H,8,10)(H,9,11). The minimum absolute atomic E-state index is 0.0654. The molecule has 2 unspecified atom stereocenters. The lowest BCUT2D eigenvalue weighted by molar-refractivity contribution is -0.126. The Hall–Kier alpha value is -1.14. The van der Waals surface area contributed by atoms with Gasteiger partial charge < -0.3 is 20.1 Å². The second-order valence-electron chi connectivity index (χ2n) is 2.69. The minimum Gasteiger partial charge on any atom is -0.328 e. The lowest BCUT2D eigenvalue weighted by Gasteiger charge is -2.17.